The van der Waals surface area contributed by atoms with Crippen molar-refractivity contribution in [3.8, 4) is 12.1 Å². The molecular formula is C12H12N2. The summed E-state index contributed by atoms with van der Waals surface area (Å²) in [5.41, 5.74) is 1.78. The Bertz CT molecular complexity index is 366. The molecule has 0 spiro atoms. The summed E-state index contributed by atoms with van der Waals surface area (Å²) in [6.45, 7) is 7.46. The summed E-state index contributed by atoms with van der Waals surface area (Å²) < 4.78 is 0. The first kappa shape index (κ1) is 11.9. The Balaban J connectivity index is 5.09. The number of rotatable bonds is 3. The fraction of sp³-hybridized carbons (Fsp3) is 0.167. The zero-order chi connectivity index (χ0) is 11.0. The highest BCUT2D eigenvalue weighted by Gasteiger charge is 1.93. The van der Waals surface area contributed by atoms with Crippen molar-refractivity contribution in [2.24, 2.45) is 0 Å². The molecule has 0 atom stereocenters. The van der Waals surface area contributed by atoms with E-state index in [4.69, 9.17) is 10.5 Å². The summed E-state index contributed by atoms with van der Waals surface area (Å²) in [5, 5.41) is 17.1. The van der Waals surface area contributed by atoms with Crippen LogP contribution >= 0.6 is 0 Å². The van der Waals surface area contributed by atoms with Gasteiger partial charge in [0.2, 0.25) is 0 Å². The lowest BCUT2D eigenvalue weighted by Crippen LogP contribution is -1.78. The van der Waals surface area contributed by atoms with Crippen LogP contribution in [0.3, 0.4) is 0 Å². The minimum absolute atomic E-state index is 0.0931. The second-order valence-corrected chi connectivity index (χ2v) is 2.77. The molecule has 0 N–H and O–H groups in total. The van der Waals surface area contributed by atoms with Gasteiger partial charge in [-0.1, -0.05) is 30.4 Å². The predicted molar refractivity (Wildman–Crippen MR) is 57.0 cm³/mol. The molecule has 2 nitrogen and oxygen atoms in total. The Kier molecular flexibility index (Phi) is 5.51. The third-order valence-corrected chi connectivity index (χ3v) is 1.32. The van der Waals surface area contributed by atoms with Gasteiger partial charge in [0, 0.05) is 0 Å². The van der Waals surface area contributed by atoms with Gasteiger partial charge in [-0.15, -0.1) is 0 Å². The van der Waals surface area contributed by atoms with Crippen LogP contribution in [0.5, 0.6) is 0 Å². The monoisotopic (exact) mass is 184 g/mol. The van der Waals surface area contributed by atoms with E-state index in [0.717, 1.165) is 11.1 Å². The van der Waals surface area contributed by atoms with Gasteiger partial charge in [-0.3, -0.25) is 0 Å². The summed E-state index contributed by atoms with van der Waals surface area (Å²) in [5.74, 6) is 0. The second kappa shape index (κ2) is 6.46. The Morgan fingerprint density at radius 1 is 1.21 bits per heavy atom. The van der Waals surface area contributed by atoms with Gasteiger partial charge in [-0.2, -0.15) is 10.5 Å². The van der Waals surface area contributed by atoms with Crippen LogP contribution in [-0.4, -0.2) is 0 Å². The number of hydrogen-bond donors (Lipinski definition) is 0. The van der Waals surface area contributed by atoms with E-state index < -0.39 is 0 Å². The lowest BCUT2D eigenvalue weighted by atomic mass is 10.1. The number of hydrogen-bond acceptors (Lipinski definition) is 2. The minimum atomic E-state index is 0.0931. The first-order valence-corrected chi connectivity index (χ1v) is 4.15. The van der Waals surface area contributed by atoms with E-state index in [1.807, 2.05) is 44.2 Å². The molecule has 14 heavy (non-hydrogen) atoms. The van der Waals surface area contributed by atoms with Crippen LogP contribution in [0.15, 0.2) is 47.6 Å². The van der Waals surface area contributed by atoms with Gasteiger partial charge in [0.15, 0.2) is 0 Å². The van der Waals surface area contributed by atoms with Crippen molar-refractivity contribution in [3.05, 3.63) is 47.6 Å². The second-order valence-electron chi connectivity index (χ2n) is 2.77. The summed E-state index contributed by atoms with van der Waals surface area (Å²) >= 11 is 0. The quantitative estimate of drug-likeness (QED) is 0.500. The van der Waals surface area contributed by atoms with Crippen molar-refractivity contribution in [3.63, 3.8) is 0 Å². The van der Waals surface area contributed by atoms with Crippen LogP contribution in [0.25, 0.3) is 0 Å². The van der Waals surface area contributed by atoms with Crippen LogP contribution in [0, 0.1) is 22.7 Å². The van der Waals surface area contributed by atoms with E-state index in [2.05, 4.69) is 6.58 Å². The maximum Gasteiger partial charge on any atom is 0.130 e. The molecule has 0 rings (SSSR count). The van der Waals surface area contributed by atoms with Crippen molar-refractivity contribution >= 4 is 0 Å². The molecule has 0 fully saturated rings. The topological polar surface area (TPSA) is 47.6 Å². The fourth-order valence-electron chi connectivity index (χ4n) is 0.871. The lowest BCUT2D eigenvalue weighted by Gasteiger charge is -1.93. The van der Waals surface area contributed by atoms with E-state index >= 15 is 0 Å². The number of nitriles is 2. The Morgan fingerprint density at radius 2 is 1.79 bits per heavy atom. The molecule has 0 bridgehead atoms. The van der Waals surface area contributed by atoms with Gasteiger partial charge in [0.25, 0.3) is 0 Å². The first-order chi connectivity index (χ1) is 6.63. The van der Waals surface area contributed by atoms with Gasteiger partial charge in [0.05, 0.1) is 0 Å². The SMILES string of the molecule is C=C(C)/C=C(C=C(C#N)C#N)\C=C/C. The highest BCUT2D eigenvalue weighted by Crippen LogP contribution is 2.07. The van der Waals surface area contributed by atoms with Crippen molar-refractivity contribution in [1.29, 1.82) is 10.5 Å². The van der Waals surface area contributed by atoms with Gasteiger partial charge < -0.3 is 0 Å². The molecule has 0 aromatic heterocycles. The largest absolute Gasteiger partial charge is 0.192 e. The third kappa shape index (κ3) is 4.74. The van der Waals surface area contributed by atoms with Crippen molar-refractivity contribution in [2.45, 2.75) is 13.8 Å². The van der Waals surface area contributed by atoms with Gasteiger partial charge >= 0.3 is 0 Å². The van der Waals surface area contributed by atoms with E-state index in [0.29, 0.717) is 0 Å². The van der Waals surface area contributed by atoms with Crippen molar-refractivity contribution < 1.29 is 0 Å². The van der Waals surface area contributed by atoms with E-state index in [9.17, 15) is 0 Å². The minimum Gasteiger partial charge on any atom is -0.192 e. The Labute approximate surface area is 84.8 Å². The van der Waals surface area contributed by atoms with Gasteiger partial charge in [0.1, 0.15) is 17.7 Å². The molecule has 0 radical (unpaired) electrons. The maximum absolute atomic E-state index is 8.56. The molecule has 70 valence electrons. The molecule has 0 unspecified atom stereocenters. The standard InChI is InChI=1S/C12H12N2/c1-4-5-11(6-10(2)3)7-12(8-13)9-14/h4-7H,2H2,1,3H3/b5-4-,11-6+. The van der Waals surface area contributed by atoms with E-state index in [1.165, 1.54) is 6.08 Å². The molecule has 0 amide bonds. The summed E-state index contributed by atoms with van der Waals surface area (Å²) in [4.78, 5) is 0. The third-order valence-electron chi connectivity index (χ3n) is 1.32. The van der Waals surface area contributed by atoms with E-state index in [-0.39, 0.29) is 5.57 Å². The molecule has 0 aromatic carbocycles. The Morgan fingerprint density at radius 3 is 2.14 bits per heavy atom. The number of allylic oxidation sites excluding steroid dienone is 7. The molecule has 0 aliphatic heterocycles. The molecule has 0 aromatic rings. The highest BCUT2D eigenvalue weighted by atomic mass is 14.3. The summed E-state index contributed by atoms with van der Waals surface area (Å²) in [6.07, 6.45) is 7.02. The molecule has 0 saturated carbocycles. The van der Waals surface area contributed by atoms with Crippen LogP contribution in [-0.2, 0) is 0 Å². The summed E-state index contributed by atoms with van der Waals surface area (Å²) in [7, 11) is 0. The number of nitrogens with zero attached hydrogens (tertiary/aromatic N) is 2. The average molecular weight is 184 g/mol. The average Bonchev–Trinajstić information content (AvgIpc) is 2.13. The molecule has 0 aliphatic carbocycles. The highest BCUT2D eigenvalue weighted by molar-refractivity contribution is 5.46. The molecular weight excluding hydrogens is 172 g/mol. The first-order valence-electron chi connectivity index (χ1n) is 4.15. The zero-order valence-electron chi connectivity index (χ0n) is 8.41. The molecule has 0 heterocycles. The van der Waals surface area contributed by atoms with E-state index in [1.54, 1.807) is 0 Å². The molecule has 2 heteroatoms. The zero-order valence-corrected chi connectivity index (χ0v) is 8.41. The van der Waals surface area contributed by atoms with Crippen LogP contribution in [0.2, 0.25) is 0 Å². The van der Waals surface area contributed by atoms with Crippen LogP contribution in [0.4, 0.5) is 0 Å². The normalized spacial score (nSPS) is 10.4. The van der Waals surface area contributed by atoms with Crippen LogP contribution in [0.1, 0.15) is 13.8 Å². The smallest absolute Gasteiger partial charge is 0.130 e. The molecule has 0 saturated heterocycles. The Hall–Kier alpha value is -2.06. The summed E-state index contributed by atoms with van der Waals surface area (Å²) in [6, 6.07) is 3.62. The van der Waals surface area contributed by atoms with Crippen molar-refractivity contribution in [2.75, 3.05) is 0 Å². The lowest BCUT2D eigenvalue weighted by molar-refractivity contribution is 1.44. The van der Waals surface area contributed by atoms with Crippen LogP contribution < -0.4 is 0 Å². The predicted octanol–water partition coefficient (Wildman–Crippen LogP) is 3.04. The maximum atomic E-state index is 8.56. The molecule has 0 aliphatic rings. The van der Waals surface area contributed by atoms with Gasteiger partial charge in [-0.05, 0) is 25.5 Å². The fourth-order valence-corrected chi connectivity index (χ4v) is 0.871. The van der Waals surface area contributed by atoms with Gasteiger partial charge in [-0.25, -0.2) is 0 Å². The van der Waals surface area contributed by atoms with Crippen molar-refractivity contribution in [1.82, 2.24) is 0 Å².